The van der Waals surface area contributed by atoms with Crippen LogP contribution >= 0.6 is 12.4 Å². The highest BCUT2D eigenvalue weighted by Crippen LogP contribution is 2.10. The molecule has 1 N–H and O–H groups in total. The molecule has 1 aliphatic rings. The van der Waals surface area contributed by atoms with E-state index < -0.39 is 0 Å². The van der Waals surface area contributed by atoms with E-state index in [0.717, 1.165) is 32.0 Å². The molecule has 0 atom stereocenters. The van der Waals surface area contributed by atoms with Crippen LogP contribution in [-0.4, -0.2) is 31.2 Å². The highest BCUT2D eigenvalue weighted by atomic mass is 35.5. The Labute approximate surface area is 88.7 Å². The molecule has 1 fully saturated rings. The smallest absolute Gasteiger partial charge is 0.141 e. The van der Waals surface area contributed by atoms with Crippen molar-refractivity contribution in [1.29, 1.82) is 0 Å². The summed E-state index contributed by atoms with van der Waals surface area (Å²) < 4.78 is 12.6. The number of aromatic nitrogens is 1. The van der Waals surface area contributed by atoms with Crippen molar-refractivity contribution in [2.45, 2.75) is 0 Å². The average molecular weight is 218 g/mol. The predicted molar refractivity (Wildman–Crippen MR) is 56.5 cm³/mol. The Bertz CT molecular complexity index is 272. The minimum atomic E-state index is -0.279. The SMILES string of the molecule is Cl.Fc1ccc(N2CCNCC2)nc1. The second-order valence-corrected chi connectivity index (χ2v) is 3.07. The fourth-order valence-corrected chi connectivity index (χ4v) is 1.45. The highest BCUT2D eigenvalue weighted by molar-refractivity contribution is 5.85. The minimum absolute atomic E-state index is 0. The summed E-state index contributed by atoms with van der Waals surface area (Å²) in [4.78, 5) is 6.17. The van der Waals surface area contributed by atoms with E-state index in [2.05, 4.69) is 15.2 Å². The molecule has 1 aromatic heterocycles. The molecule has 5 heteroatoms. The molecule has 1 aromatic rings. The molecular formula is C9H13ClFN3. The van der Waals surface area contributed by atoms with E-state index in [0.29, 0.717) is 0 Å². The number of nitrogens with zero attached hydrogens (tertiary/aromatic N) is 2. The lowest BCUT2D eigenvalue weighted by atomic mass is 10.3. The Morgan fingerprint density at radius 3 is 2.57 bits per heavy atom. The second-order valence-electron chi connectivity index (χ2n) is 3.07. The number of anilines is 1. The molecule has 0 amide bonds. The summed E-state index contributed by atoms with van der Waals surface area (Å²) in [5, 5.41) is 3.25. The molecule has 1 aliphatic heterocycles. The molecule has 3 nitrogen and oxygen atoms in total. The molecule has 2 heterocycles. The zero-order chi connectivity index (χ0) is 9.10. The van der Waals surface area contributed by atoms with Crippen LogP contribution in [0.25, 0.3) is 0 Å². The van der Waals surface area contributed by atoms with Gasteiger partial charge in [0.05, 0.1) is 6.20 Å². The van der Waals surface area contributed by atoms with Gasteiger partial charge in [0.15, 0.2) is 0 Å². The van der Waals surface area contributed by atoms with Gasteiger partial charge in [0, 0.05) is 26.2 Å². The van der Waals surface area contributed by atoms with Gasteiger partial charge in [0.2, 0.25) is 0 Å². The summed E-state index contributed by atoms with van der Waals surface area (Å²) in [5.41, 5.74) is 0. The molecular weight excluding hydrogens is 205 g/mol. The largest absolute Gasteiger partial charge is 0.354 e. The van der Waals surface area contributed by atoms with Crippen molar-refractivity contribution in [3.05, 3.63) is 24.1 Å². The summed E-state index contributed by atoms with van der Waals surface area (Å²) in [6.45, 7) is 3.83. The van der Waals surface area contributed by atoms with Crippen LogP contribution in [0.3, 0.4) is 0 Å². The Morgan fingerprint density at radius 2 is 2.00 bits per heavy atom. The standard InChI is InChI=1S/C9H12FN3.ClH/c10-8-1-2-9(12-7-8)13-5-3-11-4-6-13;/h1-2,7,11H,3-6H2;1H. The number of hydrogen-bond donors (Lipinski definition) is 1. The van der Waals surface area contributed by atoms with Gasteiger partial charge < -0.3 is 10.2 Å². The van der Waals surface area contributed by atoms with E-state index in [9.17, 15) is 4.39 Å². The van der Waals surface area contributed by atoms with Crippen LogP contribution in [0.1, 0.15) is 0 Å². The van der Waals surface area contributed by atoms with Crippen molar-refractivity contribution in [3.63, 3.8) is 0 Å². The molecule has 0 radical (unpaired) electrons. The summed E-state index contributed by atoms with van der Waals surface area (Å²) in [5.74, 6) is 0.585. The number of rotatable bonds is 1. The third kappa shape index (κ3) is 2.56. The van der Waals surface area contributed by atoms with E-state index in [1.807, 2.05) is 0 Å². The molecule has 0 unspecified atom stereocenters. The lowest BCUT2D eigenvalue weighted by Crippen LogP contribution is -2.43. The Hall–Kier alpha value is -0.870. The molecule has 0 spiro atoms. The van der Waals surface area contributed by atoms with Gasteiger partial charge in [-0.3, -0.25) is 0 Å². The monoisotopic (exact) mass is 217 g/mol. The number of halogens is 2. The Morgan fingerprint density at radius 1 is 1.29 bits per heavy atom. The Kier molecular flexibility index (Phi) is 4.10. The maximum Gasteiger partial charge on any atom is 0.141 e. The van der Waals surface area contributed by atoms with Crippen LogP contribution in [0.2, 0.25) is 0 Å². The van der Waals surface area contributed by atoms with Crippen molar-refractivity contribution >= 4 is 18.2 Å². The molecule has 0 bridgehead atoms. The van der Waals surface area contributed by atoms with E-state index in [-0.39, 0.29) is 18.2 Å². The third-order valence-corrected chi connectivity index (χ3v) is 2.15. The fourth-order valence-electron chi connectivity index (χ4n) is 1.45. The summed E-state index contributed by atoms with van der Waals surface area (Å²) in [7, 11) is 0. The average Bonchev–Trinajstić information content (AvgIpc) is 2.20. The van der Waals surface area contributed by atoms with Gasteiger partial charge in [-0.1, -0.05) is 0 Å². The fraction of sp³-hybridized carbons (Fsp3) is 0.444. The van der Waals surface area contributed by atoms with Crippen LogP contribution in [0, 0.1) is 5.82 Å². The van der Waals surface area contributed by atoms with Crippen LogP contribution in [0.5, 0.6) is 0 Å². The zero-order valence-corrected chi connectivity index (χ0v) is 8.56. The first kappa shape index (κ1) is 11.2. The molecule has 14 heavy (non-hydrogen) atoms. The highest BCUT2D eigenvalue weighted by Gasteiger charge is 2.10. The van der Waals surface area contributed by atoms with Crippen LogP contribution in [-0.2, 0) is 0 Å². The number of pyridine rings is 1. The van der Waals surface area contributed by atoms with Crippen LogP contribution < -0.4 is 10.2 Å². The van der Waals surface area contributed by atoms with E-state index in [1.165, 1.54) is 12.3 Å². The van der Waals surface area contributed by atoms with Crippen LogP contribution in [0.15, 0.2) is 18.3 Å². The van der Waals surface area contributed by atoms with Gasteiger partial charge >= 0.3 is 0 Å². The minimum Gasteiger partial charge on any atom is -0.354 e. The van der Waals surface area contributed by atoms with E-state index in [1.54, 1.807) is 6.07 Å². The van der Waals surface area contributed by atoms with Gasteiger partial charge in [0.25, 0.3) is 0 Å². The molecule has 1 saturated heterocycles. The second kappa shape index (κ2) is 5.12. The van der Waals surface area contributed by atoms with Crippen molar-refractivity contribution in [3.8, 4) is 0 Å². The van der Waals surface area contributed by atoms with Gasteiger partial charge in [-0.25, -0.2) is 9.37 Å². The van der Waals surface area contributed by atoms with Crippen molar-refractivity contribution in [2.24, 2.45) is 0 Å². The quantitative estimate of drug-likeness (QED) is 0.763. The number of piperazine rings is 1. The first-order valence-electron chi connectivity index (χ1n) is 4.43. The van der Waals surface area contributed by atoms with Crippen molar-refractivity contribution in [1.82, 2.24) is 10.3 Å². The Balaban J connectivity index is 0.000000980. The first-order valence-corrected chi connectivity index (χ1v) is 4.43. The molecule has 0 aromatic carbocycles. The maximum absolute atomic E-state index is 12.6. The van der Waals surface area contributed by atoms with Crippen LogP contribution in [0.4, 0.5) is 10.2 Å². The number of hydrogen-bond acceptors (Lipinski definition) is 3. The first-order chi connectivity index (χ1) is 6.36. The predicted octanol–water partition coefficient (Wildman–Crippen LogP) is 1.05. The lowest BCUT2D eigenvalue weighted by Gasteiger charge is -2.28. The lowest BCUT2D eigenvalue weighted by molar-refractivity contribution is 0.581. The molecule has 0 saturated carbocycles. The normalized spacial score (nSPS) is 16.2. The summed E-state index contributed by atoms with van der Waals surface area (Å²) in [6, 6.07) is 3.17. The number of nitrogens with one attached hydrogen (secondary N) is 1. The molecule has 0 aliphatic carbocycles. The van der Waals surface area contributed by atoms with E-state index in [4.69, 9.17) is 0 Å². The molecule has 78 valence electrons. The van der Waals surface area contributed by atoms with Crippen molar-refractivity contribution < 1.29 is 4.39 Å². The van der Waals surface area contributed by atoms with E-state index >= 15 is 0 Å². The summed E-state index contributed by atoms with van der Waals surface area (Å²) >= 11 is 0. The van der Waals surface area contributed by atoms with Gasteiger partial charge in [-0.05, 0) is 12.1 Å². The van der Waals surface area contributed by atoms with Gasteiger partial charge in [0.1, 0.15) is 11.6 Å². The zero-order valence-electron chi connectivity index (χ0n) is 7.74. The van der Waals surface area contributed by atoms with Gasteiger partial charge in [-0.15, -0.1) is 12.4 Å². The summed E-state index contributed by atoms with van der Waals surface area (Å²) in [6.07, 6.45) is 1.26. The molecule has 2 rings (SSSR count). The topological polar surface area (TPSA) is 28.2 Å². The van der Waals surface area contributed by atoms with Gasteiger partial charge in [-0.2, -0.15) is 0 Å². The third-order valence-electron chi connectivity index (χ3n) is 2.15. The maximum atomic E-state index is 12.6. The van der Waals surface area contributed by atoms with Crippen molar-refractivity contribution in [2.75, 3.05) is 31.1 Å².